The molecule has 4 aromatic rings. The first-order valence-corrected chi connectivity index (χ1v) is 11.4. The van der Waals surface area contributed by atoms with Gasteiger partial charge in [-0.25, -0.2) is 4.79 Å². The summed E-state index contributed by atoms with van der Waals surface area (Å²) < 4.78 is 0. The number of para-hydroxylation sites is 2. The lowest BCUT2D eigenvalue weighted by Crippen LogP contribution is -2.14. The van der Waals surface area contributed by atoms with Gasteiger partial charge in [-0.05, 0) is 53.1 Å². The summed E-state index contributed by atoms with van der Waals surface area (Å²) in [7, 11) is 0. The average Bonchev–Trinajstić information content (AvgIpc) is 2.86. The van der Waals surface area contributed by atoms with E-state index < -0.39 is 5.97 Å². The lowest BCUT2D eigenvalue weighted by Gasteiger charge is -2.33. The van der Waals surface area contributed by atoms with Crippen LogP contribution >= 0.6 is 11.8 Å². The average molecular weight is 448 g/mol. The van der Waals surface area contributed by atoms with E-state index in [-0.39, 0.29) is 5.57 Å². The SMILES string of the molecule is C=C(C(=O)O)c1ccc(C=Cc2ccc3c(c2)Sc2ccccc2N3c2ccccc2)cc1. The largest absolute Gasteiger partial charge is 0.478 e. The minimum atomic E-state index is -1.00. The summed E-state index contributed by atoms with van der Waals surface area (Å²) in [6, 6.07) is 32.8. The third kappa shape index (κ3) is 4.21. The van der Waals surface area contributed by atoms with Gasteiger partial charge in [0.05, 0.1) is 16.9 Å². The zero-order chi connectivity index (χ0) is 22.8. The zero-order valence-corrected chi connectivity index (χ0v) is 18.6. The first-order chi connectivity index (χ1) is 16.1. The second-order valence-corrected chi connectivity index (χ2v) is 8.79. The molecule has 1 heterocycles. The number of nitrogens with zero attached hydrogens (tertiary/aromatic N) is 1. The third-order valence-corrected chi connectivity index (χ3v) is 6.66. The number of fused-ring (bicyclic) bond motifs is 2. The molecule has 160 valence electrons. The molecule has 0 amide bonds. The van der Waals surface area contributed by atoms with Crippen molar-refractivity contribution in [2.45, 2.75) is 9.79 Å². The monoisotopic (exact) mass is 447 g/mol. The Balaban J connectivity index is 1.45. The molecule has 0 bridgehead atoms. The Kier molecular flexibility index (Phi) is 5.59. The molecule has 0 aromatic heterocycles. The van der Waals surface area contributed by atoms with Gasteiger partial charge in [0.2, 0.25) is 0 Å². The van der Waals surface area contributed by atoms with Crippen molar-refractivity contribution in [3.8, 4) is 0 Å². The number of carboxylic acids is 1. The Morgan fingerprint density at radius 1 is 0.758 bits per heavy atom. The summed E-state index contributed by atoms with van der Waals surface area (Å²) in [4.78, 5) is 15.8. The van der Waals surface area contributed by atoms with Crippen LogP contribution in [0.4, 0.5) is 17.1 Å². The second kappa shape index (κ2) is 8.85. The van der Waals surface area contributed by atoms with Crippen molar-refractivity contribution in [2.75, 3.05) is 4.90 Å². The molecular formula is C29H21NO2S. The van der Waals surface area contributed by atoms with Gasteiger partial charge in [0.25, 0.3) is 0 Å². The van der Waals surface area contributed by atoms with E-state index in [4.69, 9.17) is 5.11 Å². The highest BCUT2D eigenvalue weighted by molar-refractivity contribution is 7.99. The number of carbonyl (C=O) groups is 1. The topological polar surface area (TPSA) is 40.5 Å². The van der Waals surface area contributed by atoms with Crippen LogP contribution < -0.4 is 4.90 Å². The van der Waals surface area contributed by atoms with E-state index in [1.807, 2.05) is 24.3 Å². The van der Waals surface area contributed by atoms with Gasteiger partial charge in [0.15, 0.2) is 0 Å². The second-order valence-electron chi connectivity index (χ2n) is 7.71. The van der Waals surface area contributed by atoms with Crippen LogP contribution in [0.25, 0.3) is 17.7 Å². The number of carboxylic acid groups (broad SMARTS) is 1. The van der Waals surface area contributed by atoms with Crippen LogP contribution in [-0.2, 0) is 4.79 Å². The predicted molar refractivity (Wildman–Crippen MR) is 137 cm³/mol. The van der Waals surface area contributed by atoms with Gasteiger partial charge in [-0.2, -0.15) is 0 Å². The number of benzene rings is 4. The molecule has 33 heavy (non-hydrogen) atoms. The summed E-state index contributed by atoms with van der Waals surface area (Å²) in [6.45, 7) is 3.61. The van der Waals surface area contributed by atoms with Crippen LogP contribution in [0.15, 0.2) is 113 Å². The first kappa shape index (κ1) is 20.9. The number of anilines is 3. The highest BCUT2D eigenvalue weighted by Gasteiger charge is 2.24. The van der Waals surface area contributed by atoms with Gasteiger partial charge in [-0.1, -0.05) is 91.2 Å². The fourth-order valence-electron chi connectivity index (χ4n) is 3.84. The fraction of sp³-hybridized carbons (Fsp3) is 0. The maximum absolute atomic E-state index is 11.1. The van der Waals surface area contributed by atoms with Crippen molar-refractivity contribution in [3.63, 3.8) is 0 Å². The first-order valence-electron chi connectivity index (χ1n) is 10.6. The van der Waals surface area contributed by atoms with Gasteiger partial charge in [-0.3, -0.25) is 0 Å². The molecule has 0 unspecified atom stereocenters. The van der Waals surface area contributed by atoms with Crippen molar-refractivity contribution >= 4 is 52.5 Å². The molecule has 0 atom stereocenters. The molecule has 0 saturated heterocycles. The number of rotatable bonds is 5. The van der Waals surface area contributed by atoms with Crippen LogP contribution in [0.1, 0.15) is 16.7 Å². The van der Waals surface area contributed by atoms with Gasteiger partial charge in [0.1, 0.15) is 0 Å². The predicted octanol–water partition coefficient (Wildman–Crippen LogP) is 7.89. The number of hydrogen-bond donors (Lipinski definition) is 1. The Hall–Kier alpha value is -4.02. The van der Waals surface area contributed by atoms with Crippen LogP contribution in [-0.4, -0.2) is 11.1 Å². The van der Waals surface area contributed by atoms with Crippen molar-refractivity contribution in [1.29, 1.82) is 0 Å². The van der Waals surface area contributed by atoms with Gasteiger partial charge < -0.3 is 10.0 Å². The smallest absolute Gasteiger partial charge is 0.335 e. The molecule has 5 rings (SSSR count). The molecule has 4 heteroatoms. The molecule has 1 aliphatic heterocycles. The van der Waals surface area contributed by atoms with Crippen molar-refractivity contribution in [3.05, 3.63) is 120 Å². The van der Waals surface area contributed by atoms with Crippen LogP contribution in [0.2, 0.25) is 0 Å². The minimum absolute atomic E-state index is 0.0977. The summed E-state index contributed by atoms with van der Waals surface area (Å²) >= 11 is 1.78. The summed E-state index contributed by atoms with van der Waals surface area (Å²) in [6.07, 6.45) is 4.11. The molecule has 4 aromatic carbocycles. The van der Waals surface area contributed by atoms with E-state index in [1.54, 1.807) is 23.9 Å². The Bertz CT molecular complexity index is 1370. The van der Waals surface area contributed by atoms with Crippen molar-refractivity contribution < 1.29 is 9.90 Å². The molecule has 0 spiro atoms. The van der Waals surface area contributed by atoms with Gasteiger partial charge >= 0.3 is 5.97 Å². The highest BCUT2D eigenvalue weighted by atomic mass is 32.2. The quantitative estimate of drug-likeness (QED) is 0.220. The van der Waals surface area contributed by atoms with E-state index >= 15 is 0 Å². The van der Waals surface area contributed by atoms with Crippen LogP contribution in [0.3, 0.4) is 0 Å². The number of hydrogen-bond acceptors (Lipinski definition) is 3. The van der Waals surface area contributed by atoms with Crippen molar-refractivity contribution in [1.82, 2.24) is 0 Å². The van der Waals surface area contributed by atoms with E-state index in [0.717, 1.165) is 16.8 Å². The third-order valence-electron chi connectivity index (χ3n) is 5.55. The van der Waals surface area contributed by atoms with Crippen LogP contribution in [0, 0.1) is 0 Å². The fourth-order valence-corrected chi connectivity index (χ4v) is 4.95. The summed E-state index contributed by atoms with van der Waals surface area (Å²) in [5, 5.41) is 9.09. The molecule has 1 aliphatic rings. The lowest BCUT2D eigenvalue weighted by atomic mass is 10.0. The minimum Gasteiger partial charge on any atom is -0.478 e. The van der Waals surface area contributed by atoms with Gasteiger partial charge in [0, 0.05) is 15.5 Å². The van der Waals surface area contributed by atoms with Crippen molar-refractivity contribution in [2.24, 2.45) is 0 Å². The molecular weight excluding hydrogens is 426 g/mol. The lowest BCUT2D eigenvalue weighted by molar-refractivity contribution is -0.130. The Morgan fingerprint density at radius 2 is 1.39 bits per heavy atom. The number of aliphatic carboxylic acids is 1. The Morgan fingerprint density at radius 3 is 2.15 bits per heavy atom. The highest BCUT2D eigenvalue weighted by Crippen LogP contribution is 2.51. The van der Waals surface area contributed by atoms with E-state index in [1.165, 1.54) is 21.2 Å². The standard InChI is InChI=1S/C29H21NO2S/c1-20(29(31)32)23-16-13-21(14-17-23)11-12-22-15-18-26-28(19-22)33-27-10-6-5-9-25(27)30(26)24-7-3-2-4-8-24/h2-19H,1H2,(H,31,32). The molecule has 3 nitrogen and oxygen atoms in total. The van der Waals surface area contributed by atoms with E-state index in [0.29, 0.717) is 5.56 Å². The molecule has 1 N–H and O–H groups in total. The van der Waals surface area contributed by atoms with E-state index in [2.05, 4.69) is 84.3 Å². The maximum Gasteiger partial charge on any atom is 0.335 e. The Labute approximate surface area is 197 Å². The maximum atomic E-state index is 11.1. The zero-order valence-electron chi connectivity index (χ0n) is 17.8. The molecule has 0 aliphatic carbocycles. The van der Waals surface area contributed by atoms with E-state index in [9.17, 15) is 4.79 Å². The molecule has 0 radical (unpaired) electrons. The normalized spacial score (nSPS) is 12.3. The molecule has 0 fully saturated rings. The molecule has 0 saturated carbocycles. The van der Waals surface area contributed by atoms with Crippen LogP contribution in [0.5, 0.6) is 0 Å². The van der Waals surface area contributed by atoms with Gasteiger partial charge in [-0.15, -0.1) is 0 Å². The summed E-state index contributed by atoms with van der Waals surface area (Å²) in [5.41, 5.74) is 6.31. The summed E-state index contributed by atoms with van der Waals surface area (Å²) in [5.74, 6) is -1.00.